The number of halogens is 1. The molecular formula is C16H15BrN2O. The fourth-order valence-electron chi connectivity index (χ4n) is 1.65. The van der Waals surface area contributed by atoms with Gasteiger partial charge in [0, 0.05) is 17.2 Å². The van der Waals surface area contributed by atoms with Crippen LogP contribution in [0, 0.1) is 0 Å². The Kier molecular flexibility index (Phi) is 5.38. The van der Waals surface area contributed by atoms with Crippen molar-refractivity contribution in [3.63, 3.8) is 0 Å². The average Bonchev–Trinajstić information content (AvgIpc) is 2.46. The topological polar surface area (TPSA) is 41.1 Å². The number of rotatable bonds is 4. The van der Waals surface area contributed by atoms with Crippen LogP contribution in [-0.2, 0) is 6.54 Å². The Morgan fingerprint density at radius 3 is 2.65 bits per heavy atom. The molecule has 0 aliphatic rings. The molecule has 0 aromatic heterocycles. The molecule has 0 atom stereocenters. The van der Waals surface area contributed by atoms with Gasteiger partial charge in [-0.1, -0.05) is 58.4 Å². The van der Waals surface area contributed by atoms with Gasteiger partial charge in [0.25, 0.3) is 0 Å². The summed E-state index contributed by atoms with van der Waals surface area (Å²) in [5, 5.41) is 5.46. The number of hydrogen-bond acceptors (Lipinski definition) is 1. The van der Waals surface area contributed by atoms with E-state index in [1.807, 2.05) is 60.7 Å². The molecule has 0 fully saturated rings. The van der Waals surface area contributed by atoms with Crippen molar-refractivity contribution < 1.29 is 4.79 Å². The zero-order valence-corrected chi connectivity index (χ0v) is 12.4. The van der Waals surface area contributed by atoms with Gasteiger partial charge in [0.15, 0.2) is 0 Å². The van der Waals surface area contributed by atoms with E-state index < -0.39 is 0 Å². The lowest BCUT2D eigenvalue weighted by atomic mass is 10.2. The Labute approximate surface area is 126 Å². The summed E-state index contributed by atoms with van der Waals surface area (Å²) < 4.78 is 1.01. The molecule has 0 heterocycles. The van der Waals surface area contributed by atoms with Crippen molar-refractivity contribution in [3.8, 4) is 0 Å². The van der Waals surface area contributed by atoms with Crippen molar-refractivity contribution in [2.24, 2.45) is 0 Å². The van der Waals surface area contributed by atoms with Crippen LogP contribution in [0.15, 0.2) is 65.3 Å². The maximum Gasteiger partial charge on any atom is 0.319 e. The maximum absolute atomic E-state index is 11.6. The summed E-state index contributed by atoms with van der Waals surface area (Å²) in [6.45, 7) is 0.511. The van der Waals surface area contributed by atoms with Crippen LogP contribution in [-0.4, -0.2) is 6.03 Å². The smallest absolute Gasteiger partial charge is 0.319 e. The van der Waals surface area contributed by atoms with Crippen LogP contribution in [0.25, 0.3) is 6.08 Å². The number of carbonyl (C=O) groups is 1. The second-order valence-electron chi connectivity index (χ2n) is 4.20. The number of benzene rings is 2. The average molecular weight is 331 g/mol. The first-order valence-electron chi connectivity index (χ1n) is 6.24. The van der Waals surface area contributed by atoms with Crippen LogP contribution >= 0.6 is 15.9 Å². The Balaban J connectivity index is 1.78. The van der Waals surface area contributed by atoms with E-state index in [1.165, 1.54) is 0 Å². The minimum atomic E-state index is -0.222. The maximum atomic E-state index is 11.6. The molecule has 2 rings (SSSR count). The SMILES string of the molecule is O=C(N/C=C/c1cccc(Br)c1)NCc1ccccc1. The lowest BCUT2D eigenvalue weighted by Gasteiger charge is -2.04. The normalized spacial score (nSPS) is 10.4. The molecule has 0 radical (unpaired) electrons. The number of nitrogens with one attached hydrogen (secondary N) is 2. The summed E-state index contributed by atoms with van der Waals surface area (Å²) in [6.07, 6.45) is 3.47. The largest absolute Gasteiger partial charge is 0.334 e. The Hall–Kier alpha value is -2.07. The molecule has 0 bridgehead atoms. The van der Waals surface area contributed by atoms with Crippen LogP contribution in [0.4, 0.5) is 4.79 Å². The molecule has 3 nitrogen and oxygen atoms in total. The summed E-state index contributed by atoms with van der Waals surface area (Å²) in [5.41, 5.74) is 2.08. The van der Waals surface area contributed by atoms with Gasteiger partial charge in [-0.15, -0.1) is 0 Å². The van der Waals surface area contributed by atoms with Crippen molar-refractivity contribution in [2.75, 3.05) is 0 Å². The summed E-state index contributed by atoms with van der Waals surface area (Å²) in [6, 6.07) is 17.4. The van der Waals surface area contributed by atoms with Crippen molar-refractivity contribution in [3.05, 3.63) is 76.4 Å². The molecule has 0 aliphatic carbocycles. The number of carbonyl (C=O) groups excluding carboxylic acids is 1. The van der Waals surface area contributed by atoms with Gasteiger partial charge in [0.2, 0.25) is 0 Å². The van der Waals surface area contributed by atoms with E-state index >= 15 is 0 Å². The summed E-state index contributed by atoms with van der Waals surface area (Å²) in [5.74, 6) is 0. The lowest BCUT2D eigenvalue weighted by molar-refractivity contribution is 0.244. The molecule has 4 heteroatoms. The van der Waals surface area contributed by atoms with Gasteiger partial charge >= 0.3 is 6.03 Å². The molecule has 0 unspecified atom stereocenters. The minimum Gasteiger partial charge on any atom is -0.334 e. The molecule has 0 saturated heterocycles. The first-order valence-corrected chi connectivity index (χ1v) is 7.04. The summed E-state index contributed by atoms with van der Waals surface area (Å²) in [4.78, 5) is 11.6. The van der Waals surface area contributed by atoms with Gasteiger partial charge in [-0.05, 0) is 29.3 Å². The molecule has 2 aromatic carbocycles. The third kappa shape index (κ3) is 4.90. The predicted molar refractivity (Wildman–Crippen MR) is 85.0 cm³/mol. The van der Waals surface area contributed by atoms with Crippen LogP contribution in [0.3, 0.4) is 0 Å². The molecule has 2 N–H and O–H groups in total. The van der Waals surface area contributed by atoms with Crippen LogP contribution in [0.2, 0.25) is 0 Å². The zero-order valence-electron chi connectivity index (χ0n) is 10.8. The highest BCUT2D eigenvalue weighted by Gasteiger charge is 1.97. The van der Waals surface area contributed by atoms with Crippen LogP contribution in [0.5, 0.6) is 0 Å². The van der Waals surface area contributed by atoms with Gasteiger partial charge in [-0.2, -0.15) is 0 Å². The quantitative estimate of drug-likeness (QED) is 0.876. The van der Waals surface area contributed by atoms with Gasteiger partial charge in [-0.3, -0.25) is 0 Å². The van der Waals surface area contributed by atoms with Gasteiger partial charge in [-0.25, -0.2) is 4.79 Å². The highest BCUT2D eigenvalue weighted by atomic mass is 79.9. The molecule has 0 saturated carbocycles. The molecule has 102 valence electrons. The van der Waals surface area contributed by atoms with E-state index in [2.05, 4.69) is 26.6 Å². The van der Waals surface area contributed by atoms with E-state index in [1.54, 1.807) is 6.20 Å². The zero-order chi connectivity index (χ0) is 14.2. The van der Waals surface area contributed by atoms with Crippen molar-refractivity contribution >= 4 is 28.0 Å². The molecule has 2 amide bonds. The van der Waals surface area contributed by atoms with Gasteiger partial charge in [0.05, 0.1) is 0 Å². The van der Waals surface area contributed by atoms with Gasteiger partial charge in [0.1, 0.15) is 0 Å². The number of amides is 2. The minimum absolute atomic E-state index is 0.222. The van der Waals surface area contributed by atoms with E-state index in [4.69, 9.17) is 0 Å². The number of hydrogen-bond donors (Lipinski definition) is 2. The third-order valence-corrected chi connectivity index (χ3v) is 3.13. The van der Waals surface area contributed by atoms with E-state index in [-0.39, 0.29) is 6.03 Å². The van der Waals surface area contributed by atoms with Crippen molar-refractivity contribution in [1.82, 2.24) is 10.6 Å². The summed E-state index contributed by atoms with van der Waals surface area (Å²) in [7, 11) is 0. The van der Waals surface area contributed by atoms with Crippen molar-refractivity contribution in [2.45, 2.75) is 6.54 Å². The third-order valence-electron chi connectivity index (χ3n) is 2.63. The first-order chi connectivity index (χ1) is 9.74. The monoisotopic (exact) mass is 330 g/mol. The van der Waals surface area contributed by atoms with Crippen LogP contribution in [0.1, 0.15) is 11.1 Å². The lowest BCUT2D eigenvalue weighted by Crippen LogP contribution is -2.31. The highest BCUT2D eigenvalue weighted by Crippen LogP contribution is 2.12. The van der Waals surface area contributed by atoms with E-state index in [0.717, 1.165) is 15.6 Å². The Morgan fingerprint density at radius 1 is 1.10 bits per heavy atom. The molecule has 0 aliphatic heterocycles. The fourth-order valence-corrected chi connectivity index (χ4v) is 2.07. The second-order valence-corrected chi connectivity index (χ2v) is 5.12. The predicted octanol–water partition coefficient (Wildman–Crippen LogP) is 3.92. The second kappa shape index (κ2) is 7.50. The highest BCUT2D eigenvalue weighted by molar-refractivity contribution is 9.10. The first kappa shape index (κ1) is 14.3. The Bertz CT molecular complexity index is 596. The molecular weight excluding hydrogens is 316 g/mol. The van der Waals surface area contributed by atoms with Gasteiger partial charge < -0.3 is 10.6 Å². The standard InChI is InChI=1S/C16H15BrN2O/c17-15-8-4-7-13(11-15)9-10-18-16(20)19-12-14-5-2-1-3-6-14/h1-11H,12H2,(H2,18,19,20)/b10-9+. The molecule has 2 aromatic rings. The van der Waals surface area contributed by atoms with E-state index in [9.17, 15) is 4.79 Å². The van der Waals surface area contributed by atoms with Crippen LogP contribution < -0.4 is 10.6 Å². The molecule has 20 heavy (non-hydrogen) atoms. The summed E-state index contributed by atoms with van der Waals surface area (Å²) >= 11 is 3.40. The number of urea groups is 1. The molecule has 0 spiro atoms. The fraction of sp³-hybridized carbons (Fsp3) is 0.0625. The van der Waals surface area contributed by atoms with E-state index in [0.29, 0.717) is 6.54 Å². The Morgan fingerprint density at radius 2 is 1.90 bits per heavy atom. The van der Waals surface area contributed by atoms with Crippen molar-refractivity contribution in [1.29, 1.82) is 0 Å².